The largest absolute Gasteiger partial charge is 0.355 e. The predicted molar refractivity (Wildman–Crippen MR) is 98.9 cm³/mol. The van der Waals surface area contributed by atoms with E-state index in [9.17, 15) is 13.2 Å². The molecule has 0 aliphatic heterocycles. The first-order valence-electron chi connectivity index (χ1n) is 8.06. The van der Waals surface area contributed by atoms with Gasteiger partial charge >= 0.3 is 0 Å². The number of sulfonamides is 1. The van der Waals surface area contributed by atoms with Crippen LogP contribution in [-0.2, 0) is 21.2 Å². The Morgan fingerprint density at radius 2 is 1.76 bits per heavy atom. The van der Waals surface area contributed by atoms with E-state index in [0.717, 1.165) is 34.5 Å². The van der Waals surface area contributed by atoms with Crippen LogP contribution in [0.1, 0.15) is 17.5 Å². The quantitative estimate of drug-likeness (QED) is 0.729. The van der Waals surface area contributed by atoms with Crippen LogP contribution < -0.4 is 9.62 Å². The zero-order valence-electron chi connectivity index (χ0n) is 14.5. The van der Waals surface area contributed by atoms with E-state index in [4.69, 9.17) is 0 Å². The molecule has 134 valence electrons. The maximum absolute atomic E-state index is 12.1. The van der Waals surface area contributed by atoms with E-state index in [0.29, 0.717) is 12.2 Å². The number of aromatic nitrogens is 1. The molecule has 1 amide bonds. The highest BCUT2D eigenvalue weighted by Crippen LogP contribution is 2.17. The summed E-state index contributed by atoms with van der Waals surface area (Å²) in [6, 6.07) is 10.9. The van der Waals surface area contributed by atoms with Crippen LogP contribution >= 0.6 is 0 Å². The van der Waals surface area contributed by atoms with Gasteiger partial charge in [0.25, 0.3) is 0 Å². The van der Waals surface area contributed by atoms with Crippen molar-refractivity contribution in [3.8, 4) is 0 Å². The third-order valence-electron chi connectivity index (χ3n) is 3.72. The van der Waals surface area contributed by atoms with Crippen LogP contribution in [0.5, 0.6) is 0 Å². The highest BCUT2D eigenvalue weighted by molar-refractivity contribution is 7.92. The first-order valence-corrected chi connectivity index (χ1v) is 9.91. The van der Waals surface area contributed by atoms with E-state index in [2.05, 4.69) is 10.3 Å². The molecule has 0 fully saturated rings. The van der Waals surface area contributed by atoms with Gasteiger partial charge in [-0.25, -0.2) is 8.42 Å². The van der Waals surface area contributed by atoms with Crippen LogP contribution in [0.2, 0.25) is 0 Å². The van der Waals surface area contributed by atoms with Gasteiger partial charge in [0.05, 0.1) is 11.9 Å². The summed E-state index contributed by atoms with van der Waals surface area (Å²) >= 11 is 0. The Kier molecular flexibility index (Phi) is 6.52. The minimum atomic E-state index is -3.53. The molecule has 25 heavy (non-hydrogen) atoms. The molecule has 1 N–H and O–H groups in total. The van der Waals surface area contributed by atoms with E-state index in [1.54, 1.807) is 24.5 Å². The number of nitrogens with zero attached hydrogens (tertiary/aromatic N) is 2. The summed E-state index contributed by atoms with van der Waals surface area (Å²) in [5.41, 5.74) is 2.67. The van der Waals surface area contributed by atoms with Gasteiger partial charge in [-0.15, -0.1) is 0 Å². The summed E-state index contributed by atoms with van der Waals surface area (Å²) in [5, 5.41) is 2.78. The summed E-state index contributed by atoms with van der Waals surface area (Å²) in [5.74, 6) is -0.319. The van der Waals surface area contributed by atoms with Crippen LogP contribution in [-0.4, -0.2) is 38.7 Å². The highest BCUT2D eigenvalue weighted by Gasteiger charge is 2.20. The molecule has 0 saturated carbocycles. The number of carbonyl (C=O) groups is 1. The first kappa shape index (κ1) is 18.9. The number of benzene rings is 1. The fourth-order valence-corrected chi connectivity index (χ4v) is 3.22. The summed E-state index contributed by atoms with van der Waals surface area (Å²) in [7, 11) is -3.53. The fourth-order valence-electron chi connectivity index (χ4n) is 2.37. The molecular weight excluding hydrogens is 338 g/mol. The lowest BCUT2D eigenvalue weighted by molar-refractivity contribution is -0.119. The maximum Gasteiger partial charge on any atom is 0.240 e. The Hall–Kier alpha value is -2.41. The smallest absolute Gasteiger partial charge is 0.240 e. The van der Waals surface area contributed by atoms with E-state index < -0.39 is 10.0 Å². The maximum atomic E-state index is 12.1. The van der Waals surface area contributed by atoms with Gasteiger partial charge in [0.2, 0.25) is 15.9 Å². The number of hydrogen-bond donors (Lipinski definition) is 1. The molecule has 0 unspecified atom stereocenters. The SMILES string of the molecule is Cc1ccc(N(CC(=O)NCCCc2ccncc2)S(C)(=O)=O)cc1. The van der Waals surface area contributed by atoms with Crippen molar-refractivity contribution in [2.75, 3.05) is 23.7 Å². The van der Waals surface area contributed by atoms with Gasteiger partial charge in [-0.05, 0) is 49.6 Å². The first-order chi connectivity index (χ1) is 11.9. The minimum absolute atomic E-state index is 0.225. The Labute approximate surface area is 148 Å². The molecule has 0 bridgehead atoms. The van der Waals surface area contributed by atoms with E-state index in [-0.39, 0.29) is 12.5 Å². The third-order valence-corrected chi connectivity index (χ3v) is 4.86. The molecule has 1 heterocycles. The summed E-state index contributed by atoms with van der Waals surface area (Å²) in [4.78, 5) is 16.1. The Bertz CT molecular complexity index is 790. The molecule has 0 radical (unpaired) electrons. The molecule has 2 aromatic rings. The zero-order valence-corrected chi connectivity index (χ0v) is 15.3. The van der Waals surface area contributed by atoms with Gasteiger partial charge in [-0.1, -0.05) is 17.7 Å². The number of pyridine rings is 1. The van der Waals surface area contributed by atoms with Crippen molar-refractivity contribution in [3.05, 3.63) is 59.9 Å². The lowest BCUT2D eigenvalue weighted by Gasteiger charge is -2.22. The van der Waals surface area contributed by atoms with Crippen LogP contribution in [0, 0.1) is 6.92 Å². The second kappa shape index (κ2) is 8.62. The number of carbonyl (C=O) groups excluding carboxylic acids is 1. The van der Waals surface area contributed by atoms with Gasteiger partial charge in [0, 0.05) is 18.9 Å². The lowest BCUT2D eigenvalue weighted by Crippen LogP contribution is -2.40. The lowest BCUT2D eigenvalue weighted by atomic mass is 10.1. The molecule has 7 heteroatoms. The monoisotopic (exact) mass is 361 g/mol. The number of amides is 1. The number of rotatable bonds is 8. The van der Waals surface area contributed by atoms with Gasteiger partial charge in [0.1, 0.15) is 6.54 Å². The molecule has 1 aromatic heterocycles. The van der Waals surface area contributed by atoms with Gasteiger partial charge in [0.15, 0.2) is 0 Å². The number of aryl methyl sites for hydroxylation is 2. The normalized spacial score (nSPS) is 11.1. The van der Waals surface area contributed by atoms with Gasteiger partial charge < -0.3 is 5.32 Å². The molecule has 0 saturated heterocycles. The summed E-state index contributed by atoms with van der Waals surface area (Å²) < 4.78 is 25.1. The average molecular weight is 361 g/mol. The van der Waals surface area contributed by atoms with Crippen LogP contribution in [0.4, 0.5) is 5.69 Å². The van der Waals surface area contributed by atoms with Gasteiger partial charge in [-0.2, -0.15) is 0 Å². The third kappa shape index (κ3) is 6.19. The Morgan fingerprint density at radius 1 is 1.12 bits per heavy atom. The fraction of sp³-hybridized carbons (Fsp3) is 0.333. The minimum Gasteiger partial charge on any atom is -0.355 e. The predicted octanol–water partition coefficient (Wildman–Crippen LogP) is 1.91. The van der Waals surface area contributed by atoms with Crippen molar-refractivity contribution in [2.45, 2.75) is 19.8 Å². The summed E-state index contributed by atoms with van der Waals surface area (Å²) in [6.07, 6.45) is 6.18. The van der Waals surface area contributed by atoms with Gasteiger partial charge in [-0.3, -0.25) is 14.1 Å². The second-order valence-electron chi connectivity index (χ2n) is 5.91. The molecule has 1 aromatic carbocycles. The van der Waals surface area contributed by atoms with E-state index in [1.807, 2.05) is 31.2 Å². The van der Waals surface area contributed by atoms with Crippen LogP contribution in [0.3, 0.4) is 0 Å². The zero-order chi connectivity index (χ0) is 18.3. The number of anilines is 1. The number of hydrogen-bond acceptors (Lipinski definition) is 4. The average Bonchev–Trinajstić information content (AvgIpc) is 2.57. The van der Waals surface area contributed by atoms with Crippen LogP contribution in [0.25, 0.3) is 0 Å². The van der Waals surface area contributed by atoms with Crippen molar-refractivity contribution in [2.24, 2.45) is 0 Å². The second-order valence-corrected chi connectivity index (χ2v) is 7.82. The van der Waals surface area contributed by atoms with E-state index in [1.165, 1.54) is 0 Å². The van der Waals surface area contributed by atoms with Crippen molar-refractivity contribution in [3.63, 3.8) is 0 Å². The molecule has 0 aliphatic rings. The standard InChI is InChI=1S/C18H23N3O3S/c1-15-5-7-17(8-6-15)21(25(2,23)24)14-18(22)20-11-3-4-16-9-12-19-13-10-16/h5-10,12-13H,3-4,11,14H2,1-2H3,(H,20,22). The Balaban J connectivity index is 1.88. The van der Waals surface area contributed by atoms with E-state index >= 15 is 0 Å². The van der Waals surface area contributed by atoms with Crippen LogP contribution in [0.15, 0.2) is 48.8 Å². The molecule has 0 spiro atoms. The molecule has 2 rings (SSSR count). The van der Waals surface area contributed by atoms with Crippen molar-refractivity contribution >= 4 is 21.6 Å². The molecule has 0 atom stereocenters. The molecular formula is C18H23N3O3S. The van der Waals surface area contributed by atoms with Crippen molar-refractivity contribution in [1.82, 2.24) is 10.3 Å². The molecule has 6 nitrogen and oxygen atoms in total. The topological polar surface area (TPSA) is 79.4 Å². The molecule has 0 aliphatic carbocycles. The summed E-state index contributed by atoms with van der Waals surface area (Å²) in [6.45, 7) is 2.19. The highest BCUT2D eigenvalue weighted by atomic mass is 32.2. The van der Waals surface area contributed by atoms with Crippen molar-refractivity contribution in [1.29, 1.82) is 0 Å². The van der Waals surface area contributed by atoms with Crippen molar-refractivity contribution < 1.29 is 13.2 Å². The Morgan fingerprint density at radius 3 is 2.36 bits per heavy atom. The number of nitrogens with one attached hydrogen (secondary N) is 1.